The fourth-order valence-electron chi connectivity index (χ4n) is 3.13. The standard InChI is InChI=1S/C23H30N2O5S/c1-5-7-15-30-23(27)18-11-13-19(14-12-18)24-22(26)21(6-2)25(31(4,28)29)20-10-8-9-17(3)16-20/h8-14,16,21H,5-7,15H2,1-4H3,(H,24,26)/t21-/m0/s1. The van der Waals surface area contributed by atoms with E-state index >= 15 is 0 Å². The Labute approximate surface area is 184 Å². The van der Waals surface area contributed by atoms with Gasteiger partial charge in [0.1, 0.15) is 6.04 Å². The molecule has 0 aliphatic rings. The molecule has 2 rings (SSSR count). The van der Waals surface area contributed by atoms with Crippen LogP contribution >= 0.6 is 0 Å². The highest BCUT2D eigenvalue weighted by Gasteiger charge is 2.31. The number of hydrogen-bond donors (Lipinski definition) is 1. The number of amides is 1. The van der Waals surface area contributed by atoms with Crippen molar-refractivity contribution in [3.63, 3.8) is 0 Å². The highest BCUT2D eigenvalue weighted by Crippen LogP contribution is 2.24. The number of benzene rings is 2. The Balaban J connectivity index is 2.18. The van der Waals surface area contributed by atoms with Gasteiger partial charge in [-0.05, 0) is 61.7 Å². The van der Waals surface area contributed by atoms with E-state index < -0.39 is 27.9 Å². The van der Waals surface area contributed by atoms with E-state index in [1.165, 1.54) is 0 Å². The van der Waals surface area contributed by atoms with E-state index in [0.29, 0.717) is 23.5 Å². The Kier molecular flexibility index (Phi) is 8.62. The van der Waals surface area contributed by atoms with Gasteiger partial charge in [-0.1, -0.05) is 32.4 Å². The van der Waals surface area contributed by atoms with Crippen LogP contribution in [0.2, 0.25) is 0 Å². The summed E-state index contributed by atoms with van der Waals surface area (Å²) in [5, 5.41) is 2.75. The maximum atomic E-state index is 13.0. The summed E-state index contributed by atoms with van der Waals surface area (Å²) in [5.41, 5.74) is 2.18. The smallest absolute Gasteiger partial charge is 0.338 e. The average Bonchev–Trinajstić information content (AvgIpc) is 2.71. The van der Waals surface area contributed by atoms with Crippen LogP contribution < -0.4 is 9.62 Å². The van der Waals surface area contributed by atoms with Crippen LogP contribution in [0, 0.1) is 6.92 Å². The number of anilines is 2. The molecule has 0 bridgehead atoms. The SMILES string of the molecule is CCCCOC(=O)c1ccc(NC(=O)[C@H](CC)N(c2cccc(C)c2)S(C)(=O)=O)cc1. The van der Waals surface area contributed by atoms with Crippen molar-refractivity contribution in [2.45, 2.75) is 46.1 Å². The lowest BCUT2D eigenvalue weighted by Crippen LogP contribution is -2.47. The number of nitrogens with zero attached hydrogens (tertiary/aromatic N) is 1. The predicted molar refractivity (Wildman–Crippen MR) is 123 cm³/mol. The zero-order valence-electron chi connectivity index (χ0n) is 18.4. The summed E-state index contributed by atoms with van der Waals surface area (Å²) in [7, 11) is -3.70. The quantitative estimate of drug-likeness (QED) is 0.437. The second kappa shape index (κ2) is 10.9. The minimum absolute atomic E-state index is 0.286. The second-order valence-corrected chi connectivity index (χ2v) is 9.24. The number of sulfonamides is 1. The first-order valence-electron chi connectivity index (χ1n) is 10.3. The molecule has 0 saturated heterocycles. The van der Waals surface area contributed by atoms with E-state index in [2.05, 4.69) is 5.32 Å². The van der Waals surface area contributed by atoms with E-state index in [0.717, 1.165) is 29.0 Å². The highest BCUT2D eigenvalue weighted by molar-refractivity contribution is 7.92. The van der Waals surface area contributed by atoms with Crippen LogP contribution in [0.15, 0.2) is 48.5 Å². The molecule has 1 amide bonds. The lowest BCUT2D eigenvalue weighted by Gasteiger charge is -2.30. The van der Waals surface area contributed by atoms with Crippen molar-refractivity contribution < 1.29 is 22.7 Å². The molecular formula is C23H30N2O5S. The first kappa shape index (κ1) is 24.4. The van der Waals surface area contributed by atoms with Crippen LogP contribution in [0.25, 0.3) is 0 Å². The summed E-state index contributed by atoms with van der Waals surface area (Å²) in [6, 6.07) is 12.4. The third kappa shape index (κ3) is 6.82. The summed E-state index contributed by atoms with van der Waals surface area (Å²) in [4.78, 5) is 25.0. The molecule has 0 aliphatic heterocycles. The van der Waals surface area contributed by atoms with Crippen molar-refractivity contribution >= 4 is 33.3 Å². The van der Waals surface area contributed by atoms with Gasteiger partial charge in [-0.3, -0.25) is 9.10 Å². The van der Waals surface area contributed by atoms with Crippen LogP contribution in [0.5, 0.6) is 0 Å². The normalized spacial score (nSPS) is 12.1. The number of carbonyl (C=O) groups is 2. The zero-order chi connectivity index (χ0) is 23.0. The summed E-state index contributed by atoms with van der Waals surface area (Å²) in [5.74, 6) is -0.867. The van der Waals surface area contributed by atoms with Gasteiger partial charge in [0, 0.05) is 5.69 Å². The maximum Gasteiger partial charge on any atom is 0.338 e. The summed E-state index contributed by atoms with van der Waals surface area (Å²) >= 11 is 0. The van der Waals surface area contributed by atoms with E-state index in [-0.39, 0.29) is 6.42 Å². The number of esters is 1. The topological polar surface area (TPSA) is 92.8 Å². The number of rotatable bonds is 10. The molecule has 0 radical (unpaired) electrons. The molecule has 31 heavy (non-hydrogen) atoms. The van der Waals surface area contributed by atoms with Crippen molar-refractivity contribution in [3.8, 4) is 0 Å². The molecule has 7 nitrogen and oxygen atoms in total. The molecule has 0 fully saturated rings. The van der Waals surface area contributed by atoms with Gasteiger partial charge in [-0.15, -0.1) is 0 Å². The van der Waals surface area contributed by atoms with Crippen LogP contribution in [-0.4, -0.2) is 39.2 Å². The Morgan fingerprint density at radius 1 is 1.10 bits per heavy atom. The van der Waals surface area contributed by atoms with Gasteiger partial charge in [0.15, 0.2) is 0 Å². The largest absolute Gasteiger partial charge is 0.462 e. The highest BCUT2D eigenvalue weighted by atomic mass is 32.2. The Hall–Kier alpha value is -2.87. The fourth-order valence-corrected chi connectivity index (χ4v) is 4.34. The zero-order valence-corrected chi connectivity index (χ0v) is 19.2. The van der Waals surface area contributed by atoms with Crippen molar-refractivity contribution in [2.24, 2.45) is 0 Å². The first-order valence-corrected chi connectivity index (χ1v) is 12.2. The predicted octanol–water partition coefficient (Wildman–Crippen LogP) is 4.14. The summed E-state index contributed by atoms with van der Waals surface area (Å²) in [6.45, 7) is 6.00. The van der Waals surface area contributed by atoms with E-state index in [4.69, 9.17) is 4.74 Å². The van der Waals surface area contributed by atoms with Crippen molar-refractivity contribution in [3.05, 3.63) is 59.7 Å². The average molecular weight is 447 g/mol. The van der Waals surface area contributed by atoms with Gasteiger partial charge in [0.25, 0.3) is 0 Å². The minimum atomic E-state index is -3.70. The van der Waals surface area contributed by atoms with Crippen LogP contribution in [0.4, 0.5) is 11.4 Å². The molecule has 0 saturated carbocycles. The molecule has 1 atom stereocenters. The molecule has 0 aliphatic carbocycles. The van der Waals surface area contributed by atoms with Crippen LogP contribution in [0.1, 0.15) is 49.0 Å². The molecule has 168 valence electrons. The number of unbranched alkanes of at least 4 members (excludes halogenated alkanes) is 1. The number of nitrogens with one attached hydrogen (secondary N) is 1. The van der Waals surface area contributed by atoms with Crippen molar-refractivity contribution in [2.75, 3.05) is 22.5 Å². The third-order valence-electron chi connectivity index (χ3n) is 4.71. The second-order valence-electron chi connectivity index (χ2n) is 7.38. The molecule has 2 aromatic rings. The van der Waals surface area contributed by atoms with Gasteiger partial charge >= 0.3 is 5.97 Å². The number of hydrogen-bond acceptors (Lipinski definition) is 5. The van der Waals surface area contributed by atoms with Gasteiger partial charge < -0.3 is 10.1 Å². The van der Waals surface area contributed by atoms with Crippen LogP contribution in [-0.2, 0) is 19.6 Å². The lowest BCUT2D eigenvalue weighted by molar-refractivity contribution is -0.117. The molecule has 8 heteroatoms. The van der Waals surface area contributed by atoms with E-state index in [1.54, 1.807) is 49.4 Å². The monoisotopic (exact) mass is 446 g/mol. The Morgan fingerprint density at radius 3 is 2.32 bits per heavy atom. The molecule has 1 N–H and O–H groups in total. The van der Waals surface area contributed by atoms with Gasteiger partial charge in [0.2, 0.25) is 15.9 Å². The molecular weight excluding hydrogens is 416 g/mol. The maximum absolute atomic E-state index is 13.0. The molecule has 0 aromatic heterocycles. The Bertz CT molecular complexity index is 1000. The third-order valence-corrected chi connectivity index (χ3v) is 5.88. The van der Waals surface area contributed by atoms with Crippen molar-refractivity contribution in [1.82, 2.24) is 0 Å². The lowest BCUT2D eigenvalue weighted by atomic mass is 10.1. The van der Waals surface area contributed by atoms with E-state index in [9.17, 15) is 18.0 Å². The number of ether oxygens (including phenoxy) is 1. The summed E-state index contributed by atoms with van der Waals surface area (Å²) < 4.78 is 31.4. The fraction of sp³-hybridized carbons (Fsp3) is 0.391. The number of carbonyl (C=O) groups excluding carboxylic acids is 2. The molecule has 0 heterocycles. The minimum Gasteiger partial charge on any atom is -0.462 e. The first-order chi connectivity index (χ1) is 14.7. The van der Waals surface area contributed by atoms with Gasteiger partial charge in [0.05, 0.1) is 24.1 Å². The molecule has 2 aromatic carbocycles. The Morgan fingerprint density at radius 2 is 1.77 bits per heavy atom. The summed E-state index contributed by atoms with van der Waals surface area (Å²) in [6.07, 6.45) is 3.11. The molecule has 0 unspecified atom stereocenters. The van der Waals surface area contributed by atoms with Gasteiger partial charge in [-0.25, -0.2) is 13.2 Å². The van der Waals surface area contributed by atoms with E-state index in [1.807, 2.05) is 19.9 Å². The molecule has 0 spiro atoms. The van der Waals surface area contributed by atoms with Crippen LogP contribution in [0.3, 0.4) is 0 Å². The van der Waals surface area contributed by atoms with Gasteiger partial charge in [-0.2, -0.15) is 0 Å². The number of aryl methyl sites for hydroxylation is 1. The van der Waals surface area contributed by atoms with Crippen molar-refractivity contribution in [1.29, 1.82) is 0 Å².